The number of hydrogen-bond donors (Lipinski definition) is 7. The second kappa shape index (κ2) is 30.1. The van der Waals surface area contributed by atoms with Crippen LogP contribution in [0, 0.1) is 22.7 Å². The molecular weight excluding hydrogens is 1110 g/mol. The number of ether oxygens (including phenoxy) is 8. The number of benzene rings is 6. The third-order valence-electron chi connectivity index (χ3n) is 13.9. The molecule has 0 amide bonds. The van der Waals surface area contributed by atoms with Crippen molar-refractivity contribution in [3.63, 3.8) is 0 Å². The van der Waals surface area contributed by atoms with Crippen LogP contribution in [0.2, 0.25) is 0 Å². The van der Waals surface area contributed by atoms with E-state index in [1.807, 2.05) is 115 Å². The van der Waals surface area contributed by atoms with Crippen LogP contribution in [0.25, 0.3) is 21.8 Å². The summed E-state index contributed by atoms with van der Waals surface area (Å²) in [5.41, 5.74) is 4.91. The van der Waals surface area contributed by atoms with Gasteiger partial charge in [0.2, 0.25) is 0 Å². The monoisotopic (exact) mass is 1180 g/mol. The average molecular weight is 1180 g/mol. The summed E-state index contributed by atoms with van der Waals surface area (Å²) in [5.74, 6) is 3.62. The number of nitriles is 2. The zero-order valence-corrected chi connectivity index (χ0v) is 48.5. The maximum absolute atomic E-state index is 9.82. The quantitative estimate of drug-likeness (QED) is 0.0200. The van der Waals surface area contributed by atoms with Crippen molar-refractivity contribution in [2.24, 2.45) is 0 Å². The van der Waals surface area contributed by atoms with Gasteiger partial charge < -0.3 is 79.2 Å². The summed E-state index contributed by atoms with van der Waals surface area (Å²) in [4.78, 5) is 11.1. The van der Waals surface area contributed by atoms with Crippen LogP contribution in [-0.2, 0) is 0 Å². The Morgan fingerprint density at radius 2 is 0.953 bits per heavy atom. The summed E-state index contributed by atoms with van der Waals surface area (Å²) < 4.78 is 45.7. The van der Waals surface area contributed by atoms with Crippen molar-refractivity contribution in [2.45, 2.75) is 50.1 Å². The zero-order chi connectivity index (χ0) is 60.2. The lowest BCUT2D eigenvalue weighted by Crippen LogP contribution is -2.44. The highest BCUT2D eigenvalue weighted by Gasteiger charge is 2.29. The highest BCUT2D eigenvalue weighted by Crippen LogP contribution is 2.40. The second-order valence-electron chi connectivity index (χ2n) is 19.8. The van der Waals surface area contributed by atoms with Crippen LogP contribution >= 0.6 is 11.6 Å². The van der Waals surface area contributed by atoms with E-state index >= 15 is 0 Å². The van der Waals surface area contributed by atoms with Gasteiger partial charge in [-0.3, -0.25) is 9.97 Å². The first kappa shape index (κ1) is 62.2. The number of anilines is 4. The maximum atomic E-state index is 9.82. The number of pyridine rings is 2. The number of nitrogens with zero attached hydrogens (tertiary/aromatic N) is 5. The molecular formula is C64H69ClN8O12. The number of aromatic nitrogens is 2. The van der Waals surface area contributed by atoms with E-state index in [-0.39, 0.29) is 0 Å². The number of methoxy groups -OCH3 is 4. The SMILES string of the molecule is COc1cc2c(Nc3ccc(Oc4ccccc4OC)cc3)c(C#N)cnc2cc1OCCCCl.COc1cc2c(Nc3ccc(Oc4ccccc4OC)cc3)c(C#N)cnc2cc1OCCCN1CCC(O)(O)CC1.OC1(O)CCNCC1. The van der Waals surface area contributed by atoms with E-state index in [2.05, 4.69) is 43.0 Å². The topological polar surface area (TPSA) is 267 Å². The number of likely N-dealkylation sites (tertiary alicyclic amines) is 1. The van der Waals surface area contributed by atoms with E-state index in [1.165, 1.54) is 0 Å². The summed E-state index contributed by atoms with van der Waals surface area (Å²) in [6.07, 6.45) is 6.17. The van der Waals surface area contributed by atoms with E-state index < -0.39 is 11.6 Å². The van der Waals surface area contributed by atoms with E-state index in [9.17, 15) is 20.7 Å². The number of piperidine rings is 2. The molecule has 6 aromatic carbocycles. The molecule has 0 atom stereocenters. The molecule has 444 valence electrons. The van der Waals surface area contributed by atoms with Gasteiger partial charge >= 0.3 is 0 Å². The van der Waals surface area contributed by atoms with E-state index in [1.54, 1.807) is 46.9 Å². The van der Waals surface area contributed by atoms with Crippen LogP contribution < -0.4 is 53.8 Å². The van der Waals surface area contributed by atoms with E-state index in [0.717, 1.165) is 35.1 Å². The van der Waals surface area contributed by atoms with Crippen LogP contribution in [0.5, 0.6) is 57.5 Å². The third-order valence-corrected chi connectivity index (χ3v) is 14.1. The third kappa shape index (κ3) is 17.2. The van der Waals surface area contributed by atoms with Crippen molar-refractivity contribution >= 4 is 56.2 Å². The molecule has 0 aliphatic carbocycles. The number of aliphatic hydroxyl groups is 4. The number of fused-ring (bicyclic) bond motifs is 2. The summed E-state index contributed by atoms with van der Waals surface area (Å²) in [6, 6.07) is 41.4. The van der Waals surface area contributed by atoms with Crippen LogP contribution in [-0.4, -0.2) is 127 Å². The highest BCUT2D eigenvalue weighted by atomic mass is 35.5. The molecule has 8 aromatic rings. The molecule has 2 aromatic heterocycles. The number of nitrogens with one attached hydrogen (secondary N) is 3. The first-order chi connectivity index (χ1) is 41.3. The van der Waals surface area contributed by atoms with E-state index in [0.29, 0.717) is 168 Å². The largest absolute Gasteiger partial charge is 0.493 e. The van der Waals surface area contributed by atoms with Gasteiger partial charge in [-0.1, -0.05) is 24.3 Å². The molecule has 2 aliphatic heterocycles. The fraction of sp³-hybridized carbons (Fsp3) is 0.312. The Labute approximate surface area is 498 Å². The van der Waals surface area contributed by atoms with Gasteiger partial charge in [0.15, 0.2) is 57.6 Å². The summed E-state index contributed by atoms with van der Waals surface area (Å²) in [5, 5.41) is 67.9. The normalized spacial score (nSPS) is 14.2. The van der Waals surface area contributed by atoms with Gasteiger partial charge in [0.25, 0.3) is 0 Å². The minimum atomic E-state index is -1.55. The minimum absolute atomic E-state index is 0.347. The molecule has 2 fully saturated rings. The van der Waals surface area contributed by atoms with Crippen LogP contribution in [0.15, 0.2) is 134 Å². The van der Waals surface area contributed by atoms with E-state index in [4.69, 9.17) is 59.7 Å². The standard InChI is InChI=1S/C32H34N4O6.C27H24ClN3O4.C5H11NO2/c1-39-27-6-3-4-7-28(27)42-24-10-8-23(9-11-24)35-31-22(20-33)21-34-26-19-30(29(40-2)18-25(26)31)41-17-5-14-36-15-12-32(37,38)13-16-36;1-32-23-6-3-4-7-24(23)35-20-10-8-19(9-11-20)31-27-18(16-29)17-30-22-15-26(34-13-5-12-28)25(33-2)14-21(22)27;7-5(8)1-3-6-4-2-5/h3-4,6-11,18-19,21,37-38H,5,12-17H2,1-2H3,(H,34,35);3-4,6-11,14-15,17H,5,12-13H2,1-2H3,(H,30,31);6-8H,1-4H2. The molecule has 7 N–H and O–H groups in total. The fourth-order valence-corrected chi connectivity index (χ4v) is 9.32. The Kier molecular flexibility index (Phi) is 22.0. The van der Waals surface area contributed by atoms with Crippen molar-refractivity contribution in [1.29, 1.82) is 10.5 Å². The van der Waals surface area contributed by atoms with Crippen LogP contribution in [0.3, 0.4) is 0 Å². The average Bonchev–Trinajstić information content (AvgIpc) is 2.89. The number of halogens is 1. The van der Waals surface area contributed by atoms with Crippen molar-refractivity contribution in [2.75, 3.05) is 90.9 Å². The molecule has 0 bridgehead atoms. The predicted octanol–water partition coefficient (Wildman–Crippen LogP) is 10.9. The fourth-order valence-electron chi connectivity index (χ4n) is 9.21. The number of alkyl halides is 1. The molecule has 0 unspecified atom stereocenters. The lowest BCUT2D eigenvalue weighted by Gasteiger charge is -2.34. The van der Waals surface area contributed by atoms with Crippen LogP contribution in [0.4, 0.5) is 22.7 Å². The lowest BCUT2D eigenvalue weighted by atomic mass is 10.0. The van der Waals surface area contributed by atoms with Crippen molar-refractivity contribution in [3.05, 3.63) is 145 Å². The van der Waals surface area contributed by atoms with Gasteiger partial charge in [0.05, 0.1) is 75.2 Å². The first-order valence-electron chi connectivity index (χ1n) is 27.6. The van der Waals surface area contributed by atoms with Gasteiger partial charge in [-0.15, -0.1) is 11.6 Å². The molecule has 2 saturated heterocycles. The van der Waals surface area contributed by atoms with Gasteiger partial charge in [-0.25, -0.2) is 0 Å². The van der Waals surface area contributed by atoms with Crippen LogP contribution in [0.1, 0.15) is 49.7 Å². The predicted molar refractivity (Wildman–Crippen MR) is 325 cm³/mol. The zero-order valence-electron chi connectivity index (χ0n) is 47.8. The summed E-state index contributed by atoms with van der Waals surface area (Å²) >= 11 is 5.76. The van der Waals surface area contributed by atoms with Gasteiger partial charge in [-0.05, 0) is 97.8 Å². The Morgan fingerprint density at radius 3 is 1.34 bits per heavy atom. The molecule has 85 heavy (non-hydrogen) atoms. The first-order valence-corrected chi connectivity index (χ1v) is 28.1. The summed E-state index contributed by atoms with van der Waals surface area (Å²) in [6.45, 7) is 4.45. The molecule has 2 aliphatic rings. The van der Waals surface area contributed by atoms with Crippen molar-refractivity contribution in [1.82, 2.24) is 20.2 Å². The summed E-state index contributed by atoms with van der Waals surface area (Å²) in [7, 11) is 6.35. The molecule has 4 heterocycles. The number of rotatable bonds is 21. The van der Waals surface area contributed by atoms with Gasteiger partial charge in [-0.2, -0.15) is 10.5 Å². The Bertz CT molecular complexity index is 3560. The Balaban J connectivity index is 0.000000198. The molecule has 0 saturated carbocycles. The lowest BCUT2D eigenvalue weighted by molar-refractivity contribution is -0.188. The second-order valence-corrected chi connectivity index (χ2v) is 20.2. The van der Waals surface area contributed by atoms with Gasteiger partial charge in [0.1, 0.15) is 23.6 Å². The van der Waals surface area contributed by atoms with Crippen molar-refractivity contribution < 1.29 is 58.3 Å². The molecule has 20 nitrogen and oxygen atoms in total. The number of hydrogen-bond acceptors (Lipinski definition) is 20. The minimum Gasteiger partial charge on any atom is -0.493 e. The molecule has 21 heteroatoms. The highest BCUT2D eigenvalue weighted by molar-refractivity contribution is 6.17. The number of para-hydroxylation sites is 4. The van der Waals surface area contributed by atoms with Crippen molar-refractivity contribution in [3.8, 4) is 69.6 Å². The molecule has 0 spiro atoms. The molecule has 0 radical (unpaired) electrons. The van der Waals surface area contributed by atoms with Gasteiger partial charge in [0, 0.05) is 111 Å². The maximum Gasteiger partial charge on any atom is 0.169 e. The Hall–Kier alpha value is -8.83. The smallest absolute Gasteiger partial charge is 0.169 e. The molecule has 10 rings (SSSR count). The Morgan fingerprint density at radius 1 is 0.541 bits per heavy atom.